The summed E-state index contributed by atoms with van der Waals surface area (Å²) in [5.41, 5.74) is 0. The van der Waals surface area contributed by atoms with Gasteiger partial charge in [-0.1, -0.05) is 0 Å². The van der Waals surface area contributed by atoms with Crippen LogP contribution in [0.15, 0.2) is 0 Å². The van der Waals surface area contributed by atoms with Crippen molar-refractivity contribution in [3.8, 4) is 0 Å². The highest BCUT2D eigenvalue weighted by molar-refractivity contribution is 6.30. The highest BCUT2D eigenvalue weighted by Gasteiger charge is 2.24. The molecule has 15 heavy (non-hydrogen) atoms. The van der Waals surface area contributed by atoms with Gasteiger partial charge in [0.1, 0.15) is 5.38 Å². The molecule has 1 aliphatic heterocycles. The van der Waals surface area contributed by atoms with Crippen molar-refractivity contribution in [2.24, 2.45) is 5.92 Å². The Kier molecular flexibility index (Phi) is 5.40. The molecule has 0 saturated carbocycles. The predicted octanol–water partition coefficient (Wildman–Crippen LogP) is 1.89. The lowest BCUT2D eigenvalue weighted by Gasteiger charge is -2.32. The monoisotopic (exact) mass is 233 g/mol. The second kappa shape index (κ2) is 6.33. The SMILES string of the molecule is CCOCC1CCN(C(=O)C(C)Cl)CC1. The van der Waals surface area contributed by atoms with Gasteiger partial charge in [0.15, 0.2) is 0 Å². The molecule has 1 atom stereocenters. The Morgan fingerprint density at radius 3 is 2.60 bits per heavy atom. The molecular formula is C11H20ClNO2. The fourth-order valence-corrected chi connectivity index (χ4v) is 1.99. The van der Waals surface area contributed by atoms with Gasteiger partial charge in [0.25, 0.3) is 0 Å². The molecule has 1 saturated heterocycles. The third-order valence-corrected chi connectivity index (χ3v) is 3.01. The standard InChI is InChI=1S/C11H20ClNO2/c1-3-15-8-10-4-6-13(7-5-10)11(14)9(2)12/h9-10H,3-8H2,1-2H3. The molecule has 0 aliphatic carbocycles. The van der Waals surface area contributed by atoms with Gasteiger partial charge >= 0.3 is 0 Å². The Morgan fingerprint density at radius 1 is 1.53 bits per heavy atom. The van der Waals surface area contributed by atoms with Crippen LogP contribution in [0.25, 0.3) is 0 Å². The number of piperidine rings is 1. The molecule has 0 aromatic rings. The van der Waals surface area contributed by atoms with E-state index in [1.807, 2.05) is 11.8 Å². The zero-order valence-corrected chi connectivity index (χ0v) is 10.3. The van der Waals surface area contributed by atoms with E-state index in [-0.39, 0.29) is 5.91 Å². The first-order valence-electron chi connectivity index (χ1n) is 5.65. The first kappa shape index (κ1) is 12.8. The minimum absolute atomic E-state index is 0.0616. The van der Waals surface area contributed by atoms with Gasteiger partial charge < -0.3 is 9.64 Å². The fourth-order valence-electron chi connectivity index (χ4n) is 1.86. The normalized spacial score (nSPS) is 20.3. The maximum Gasteiger partial charge on any atom is 0.240 e. The van der Waals surface area contributed by atoms with Crippen molar-refractivity contribution in [2.75, 3.05) is 26.3 Å². The number of carbonyl (C=O) groups excluding carboxylic acids is 1. The largest absolute Gasteiger partial charge is 0.381 e. The lowest BCUT2D eigenvalue weighted by atomic mass is 9.97. The van der Waals surface area contributed by atoms with Crippen molar-refractivity contribution in [2.45, 2.75) is 32.1 Å². The van der Waals surface area contributed by atoms with E-state index >= 15 is 0 Å². The van der Waals surface area contributed by atoms with Gasteiger partial charge in [-0.3, -0.25) is 4.79 Å². The average Bonchev–Trinajstić information content (AvgIpc) is 2.26. The number of amides is 1. The molecule has 1 heterocycles. The van der Waals surface area contributed by atoms with Crippen LogP contribution in [0, 0.1) is 5.92 Å². The Bertz CT molecular complexity index is 201. The fraction of sp³-hybridized carbons (Fsp3) is 0.909. The van der Waals surface area contributed by atoms with E-state index in [2.05, 4.69) is 0 Å². The first-order valence-corrected chi connectivity index (χ1v) is 6.09. The molecule has 3 nitrogen and oxygen atoms in total. The summed E-state index contributed by atoms with van der Waals surface area (Å²) in [6.45, 7) is 7.00. The highest BCUT2D eigenvalue weighted by Crippen LogP contribution is 2.18. The molecule has 1 rings (SSSR count). The molecule has 0 N–H and O–H groups in total. The quantitative estimate of drug-likeness (QED) is 0.694. The number of alkyl halides is 1. The van der Waals surface area contributed by atoms with Crippen LogP contribution < -0.4 is 0 Å². The number of nitrogens with zero attached hydrogens (tertiary/aromatic N) is 1. The molecule has 0 aromatic carbocycles. The maximum absolute atomic E-state index is 11.6. The van der Waals surface area contributed by atoms with E-state index in [4.69, 9.17) is 16.3 Å². The summed E-state index contributed by atoms with van der Waals surface area (Å²) in [5.74, 6) is 0.672. The van der Waals surface area contributed by atoms with Gasteiger partial charge in [-0.05, 0) is 32.6 Å². The van der Waals surface area contributed by atoms with Gasteiger partial charge in [-0.25, -0.2) is 0 Å². The Labute approximate surface area is 96.7 Å². The molecule has 0 bridgehead atoms. The zero-order chi connectivity index (χ0) is 11.3. The molecule has 88 valence electrons. The van der Waals surface area contributed by atoms with Crippen LogP contribution in [0.2, 0.25) is 0 Å². The Hall–Kier alpha value is -0.280. The second-order valence-corrected chi connectivity index (χ2v) is 4.70. The minimum Gasteiger partial charge on any atom is -0.381 e. The van der Waals surface area contributed by atoms with Gasteiger partial charge in [0.05, 0.1) is 0 Å². The van der Waals surface area contributed by atoms with Crippen LogP contribution in [0.5, 0.6) is 0 Å². The average molecular weight is 234 g/mol. The maximum atomic E-state index is 11.6. The third-order valence-electron chi connectivity index (χ3n) is 2.82. The van der Waals surface area contributed by atoms with Crippen molar-refractivity contribution in [1.29, 1.82) is 0 Å². The van der Waals surface area contributed by atoms with E-state index < -0.39 is 5.38 Å². The van der Waals surface area contributed by atoms with Crippen LogP contribution in [0.1, 0.15) is 26.7 Å². The molecule has 1 amide bonds. The first-order chi connectivity index (χ1) is 7.15. The van der Waals surface area contributed by atoms with Crippen LogP contribution in [-0.2, 0) is 9.53 Å². The van der Waals surface area contributed by atoms with Gasteiger partial charge in [-0.2, -0.15) is 0 Å². The summed E-state index contributed by atoms with van der Waals surface area (Å²) in [6.07, 6.45) is 2.07. The van der Waals surface area contributed by atoms with E-state index in [0.717, 1.165) is 39.1 Å². The van der Waals surface area contributed by atoms with Crippen LogP contribution in [0.3, 0.4) is 0 Å². The molecule has 0 aromatic heterocycles. The molecule has 4 heteroatoms. The summed E-state index contributed by atoms with van der Waals surface area (Å²) in [5, 5.41) is -0.395. The van der Waals surface area contributed by atoms with Gasteiger partial charge in [0, 0.05) is 26.3 Å². The predicted molar refractivity (Wildman–Crippen MR) is 61.1 cm³/mol. The Morgan fingerprint density at radius 2 is 2.13 bits per heavy atom. The summed E-state index contributed by atoms with van der Waals surface area (Å²) in [7, 11) is 0. The van der Waals surface area contributed by atoms with Crippen molar-refractivity contribution >= 4 is 17.5 Å². The molecular weight excluding hydrogens is 214 g/mol. The van der Waals surface area contributed by atoms with Crippen molar-refractivity contribution in [1.82, 2.24) is 4.90 Å². The number of likely N-dealkylation sites (tertiary alicyclic amines) is 1. The van der Waals surface area contributed by atoms with Crippen LogP contribution in [0.4, 0.5) is 0 Å². The second-order valence-electron chi connectivity index (χ2n) is 4.04. The van der Waals surface area contributed by atoms with Crippen molar-refractivity contribution in [3.63, 3.8) is 0 Å². The number of halogens is 1. The lowest BCUT2D eigenvalue weighted by Crippen LogP contribution is -2.42. The van der Waals surface area contributed by atoms with E-state index in [1.165, 1.54) is 0 Å². The van der Waals surface area contributed by atoms with E-state index in [9.17, 15) is 4.79 Å². The summed E-state index contributed by atoms with van der Waals surface area (Å²) in [6, 6.07) is 0. The van der Waals surface area contributed by atoms with Crippen molar-refractivity contribution in [3.05, 3.63) is 0 Å². The van der Waals surface area contributed by atoms with Crippen LogP contribution >= 0.6 is 11.6 Å². The topological polar surface area (TPSA) is 29.5 Å². The molecule has 1 unspecified atom stereocenters. The van der Waals surface area contributed by atoms with Crippen molar-refractivity contribution < 1.29 is 9.53 Å². The molecule has 1 fully saturated rings. The third kappa shape index (κ3) is 3.99. The van der Waals surface area contributed by atoms with Gasteiger partial charge in [0.2, 0.25) is 5.91 Å². The van der Waals surface area contributed by atoms with Crippen LogP contribution in [-0.4, -0.2) is 42.5 Å². The summed E-state index contributed by atoms with van der Waals surface area (Å²) >= 11 is 5.77. The minimum atomic E-state index is -0.395. The zero-order valence-electron chi connectivity index (χ0n) is 9.54. The van der Waals surface area contributed by atoms with E-state index in [0.29, 0.717) is 5.92 Å². The molecule has 1 aliphatic rings. The van der Waals surface area contributed by atoms with Gasteiger partial charge in [-0.15, -0.1) is 11.6 Å². The van der Waals surface area contributed by atoms with E-state index in [1.54, 1.807) is 6.92 Å². The summed E-state index contributed by atoms with van der Waals surface area (Å²) < 4.78 is 5.39. The number of hydrogen-bond donors (Lipinski definition) is 0. The highest BCUT2D eigenvalue weighted by atomic mass is 35.5. The lowest BCUT2D eigenvalue weighted by molar-refractivity contribution is -0.132. The number of ether oxygens (including phenoxy) is 1. The number of carbonyl (C=O) groups is 1. The molecule has 0 radical (unpaired) electrons. The summed E-state index contributed by atoms with van der Waals surface area (Å²) in [4.78, 5) is 13.4. The Balaban J connectivity index is 2.26. The smallest absolute Gasteiger partial charge is 0.240 e. The molecule has 0 spiro atoms. The number of rotatable bonds is 4. The number of hydrogen-bond acceptors (Lipinski definition) is 2.